The molecule has 9 rings (SSSR count). The van der Waals surface area contributed by atoms with Crippen LogP contribution in [-0.2, 0) is 43.1 Å². The van der Waals surface area contributed by atoms with E-state index in [2.05, 4.69) is 78.6 Å². The Morgan fingerprint density at radius 1 is 0.894 bits per heavy atom. The molecule has 10 nitrogen and oxygen atoms in total. The molecule has 4 aliphatic rings. The number of ether oxygens (including phenoxy) is 4. The number of benzene rings is 4. The van der Waals surface area contributed by atoms with Gasteiger partial charge in [-0.1, -0.05) is 90.2 Å². The first-order chi connectivity index (χ1) is 32.0. The zero-order valence-corrected chi connectivity index (χ0v) is 38.0. The number of aliphatic hydroxyl groups is 2. The van der Waals surface area contributed by atoms with Crippen LogP contribution in [0.2, 0.25) is 0 Å². The highest BCUT2D eigenvalue weighted by Crippen LogP contribution is 2.51. The highest BCUT2D eigenvalue weighted by Gasteiger charge is 2.53. The summed E-state index contributed by atoms with van der Waals surface area (Å²) in [7, 11) is 0. The molecular formula is C56H58O10. The van der Waals surface area contributed by atoms with Crippen molar-refractivity contribution in [2.75, 3.05) is 20.0 Å². The number of esters is 2. The summed E-state index contributed by atoms with van der Waals surface area (Å²) >= 11 is 0. The molecule has 0 saturated heterocycles. The number of carbonyl (C=O) groups excluding carboxylic acids is 2. The number of aryl methyl sites for hydroxylation is 1. The van der Waals surface area contributed by atoms with E-state index in [1.165, 1.54) is 22.3 Å². The van der Waals surface area contributed by atoms with E-state index in [4.69, 9.17) is 23.4 Å². The van der Waals surface area contributed by atoms with Crippen LogP contribution in [0.4, 0.5) is 0 Å². The van der Waals surface area contributed by atoms with Crippen molar-refractivity contribution in [2.24, 2.45) is 5.92 Å². The van der Waals surface area contributed by atoms with Gasteiger partial charge in [0.1, 0.15) is 18.1 Å². The number of fused-ring (bicyclic) bond motifs is 9. The van der Waals surface area contributed by atoms with Crippen LogP contribution in [0.5, 0.6) is 5.75 Å². The van der Waals surface area contributed by atoms with Crippen LogP contribution in [-0.4, -0.2) is 53.9 Å². The fraction of sp³-hybridized carbons (Fsp3) is 0.411. The minimum atomic E-state index is -1.29. The van der Waals surface area contributed by atoms with Gasteiger partial charge < -0.3 is 33.6 Å². The Balaban J connectivity index is 1.17. The molecule has 5 aromatic rings. The average molecular weight is 891 g/mol. The second-order valence-electron chi connectivity index (χ2n) is 19.0. The van der Waals surface area contributed by atoms with Crippen molar-refractivity contribution in [3.63, 3.8) is 0 Å². The summed E-state index contributed by atoms with van der Waals surface area (Å²) in [6.45, 7) is 4.84. The standard InChI is InChI=1S/C56H58O10/c1-34(2)44-19-15-36-16-20-45-40(27-36)13-7-8-24-56(3)53(65-54(44)60)52(50-48(66-56)22-18-41-30-47(55(61)64-51(41)50)42(23-25-57)32-62-33-58)63-49(59)31-43-29-39(17-21-46(43)45)38-14-9-12-37(28-38)26-35-10-5-4-6-11-35/h4-6,9-12,14,16,18,20,22,27-28,30,39,42-43,46,52-53,57-58H,13,15,17,19,21,23-26,29,31-33H2,1-3H3. The molecule has 0 amide bonds. The van der Waals surface area contributed by atoms with Gasteiger partial charge in [0, 0.05) is 41.9 Å². The summed E-state index contributed by atoms with van der Waals surface area (Å²) in [4.78, 5) is 43.5. The molecule has 2 N–H and O–H groups in total. The molecule has 4 aromatic carbocycles. The van der Waals surface area contributed by atoms with Gasteiger partial charge in [0.15, 0.2) is 17.8 Å². The largest absolute Gasteiger partial charge is 0.482 e. The molecule has 0 radical (unpaired) electrons. The predicted octanol–water partition coefficient (Wildman–Crippen LogP) is 9.45. The first kappa shape index (κ1) is 45.2. The smallest absolute Gasteiger partial charge is 0.339 e. The van der Waals surface area contributed by atoms with Gasteiger partial charge in [-0.25, -0.2) is 9.59 Å². The Kier molecular flexibility index (Phi) is 13.3. The summed E-state index contributed by atoms with van der Waals surface area (Å²) in [6.07, 6.45) is 3.01. The summed E-state index contributed by atoms with van der Waals surface area (Å²) in [5.41, 5.74) is 7.25. The van der Waals surface area contributed by atoms with Crippen molar-refractivity contribution in [1.82, 2.24) is 0 Å². The van der Waals surface area contributed by atoms with E-state index in [-0.39, 0.29) is 66.9 Å². The van der Waals surface area contributed by atoms with Gasteiger partial charge >= 0.3 is 17.6 Å². The lowest BCUT2D eigenvalue weighted by atomic mass is 9.67. The summed E-state index contributed by atoms with van der Waals surface area (Å²) in [5, 5.41) is 19.7. The third-order valence-electron chi connectivity index (χ3n) is 14.3. The van der Waals surface area contributed by atoms with Crippen LogP contribution in [0.15, 0.2) is 111 Å². The lowest BCUT2D eigenvalue weighted by molar-refractivity contribution is -0.190. The maximum atomic E-state index is 15.0. The average Bonchev–Trinajstić information content (AvgIpc) is 3.30. The minimum absolute atomic E-state index is 0.0145. The molecule has 1 aliphatic carbocycles. The van der Waals surface area contributed by atoms with Crippen LogP contribution < -0.4 is 10.4 Å². The van der Waals surface area contributed by atoms with Crippen molar-refractivity contribution < 1.29 is 43.2 Å². The van der Waals surface area contributed by atoms with Gasteiger partial charge in [-0.2, -0.15) is 0 Å². The third kappa shape index (κ3) is 9.35. The van der Waals surface area contributed by atoms with Crippen molar-refractivity contribution in [2.45, 2.75) is 121 Å². The number of aliphatic hydroxyl groups excluding tert-OH is 2. The molecule has 66 heavy (non-hydrogen) atoms. The van der Waals surface area contributed by atoms with Crippen LogP contribution >= 0.6 is 0 Å². The van der Waals surface area contributed by atoms with Crippen molar-refractivity contribution >= 4 is 22.9 Å². The second-order valence-corrected chi connectivity index (χ2v) is 19.0. The molecule has 7 atom stereocenters. The SMILES string of the molecule is CC(C)=C1CCc2ccc3c(c2)CC#CCC2(C)Oc4ccc5cc(C(CCO)COCO)c(=O)oc5c4C(OC(=O)CC4CC(c5cccc(Cc6ccccc6)c5)CCC34)C2OC1=O. The van der Waals surface area contributed by atoms with E-state index in [0.29, 0.717) is 36.0 Å². The van der Waals surface area contributed by atoms with E-state index in [9.17, 15) is 19.8 Å². The highest BCUT2D eigenvalue weighted by molar-refractivity contribution is 5.90. The minimum Gasteiger partial charge on any atom is -0.482 e. The fourth-order valence-electron chi connectivity index (χ4n) is 10.9. The van der Waals surface area contributed by atoms with Crippen LogP contribution in [0, 0.1) is 17.8 Å². The number of hydrogen-bond donors (Lipinski definition) is 2. The Bertz CT molecular complexity index is 2770. The van der Waals surface area contributed by atoms with Crippen molar-refractivity contribution in [3.8, 4) is 17.6 Å². The maximum Gasteiger partial charge on any atom is 0.339 e. The lowest BCUT2D eigenvalue weighted by Gasteiger charge is -2.45. The number of hydrogen-bond acceptors (Lipinski definition) is 10. The van der Waals surface area contributed by atoms with Crippen molar-refractivity contribution in [1.29, 1.82) is 0 Å². The third-order valence-corrected chi connectivity index (χ3v) is 14.3. The number of allylic oxidation sites excluding steroid dienone is 1. The molecule has 1 aromatic heterocycles. The summed E-state index contributed by atoms with van der Waals surface area (Å²) < 4.78 is 31.6. The van der Waals surface area contributed by atoms with Gasteiger partial charge in [0.05, 0.1) is 18.6 Å². The molecule has 1 saturated carbocycles. The van der Waals surface area contributed by atoms with Crippen LogP contribution in [0.1, 0.15) is 134 Å². The summed E-state index contributed by atoms with van der Waals surface area (Å²) in [6, 6.07) is 31.2. The number of carbonyl (C=O) groups is 2. The molecule has 0 spiro atoms. The van der Waals surface area contributed by atoms with Gasteiger partial charge in [0.25, 0.3) is 0 Å². The van der Waals surface area contributed by atoms with Gasteiger partial charge in [-0.05, 0) is 135 Å². The molecular weight excluding hydrogens is 833 g/mol. The van der Waals surface area contributed by atoms with E-state index in [1.807, 2.05) is 26.8 Å². The molecule has 7 unspecified atom stereocenters. The highest BCUT2D eigenvalue weighted by atomic mass is 16.6. The van der Waals surface area contributed by atoms with E-state index in [1.54, 1.807) is 18.2 Å². The maximum absolute atomic E-state index is 15.0. The topological polar surface area (TPSA) is 142 Å². The molecule has 4 heterocycles. The zero-order valence-electron chi connectivity index (χ0n) is 38.0. The number of rotatable bonds is 9. The molecule has 10 heteroatoms. The molecule has 342 valence electrons. The fourth-order valence-corrected chi connectivity index (χ4v) is 10.9. The monoisotopic (exact) mass is 890 g/mol. The molecule has 3 aliphatic heterocycles. The summed E-state index contributed by atoms with van der Waals surface area (Å²) in [5.74, 6) is 5.80. The Labute approximate surface area is 385 Å². The van der Waals surface area contributed by atoms with Gasteiger partial charge in [-0.15, -0.1) is 0 Å². The predicted molar refractivity (Wildman–Crippen MR) is 250 cm³/mol. The first-order valence-corrected chi connectivity index (χ1v) is 23.4. The second kappa shape index (κ2) is 19.5. The Morgan fingerprint density at radius 3 is 2.53 bits per heavy atom. The van der Waals surface area contributed by atoms with Gasteiger partial charge in [0.2, 0.25) is 0 Å². The molecule has 5 bridgehead atoms. The lowest BCUT2D eigenvalue weighted by Crippen LogP contribution is -2.54. The van der Waals surface area contributed by atoms with Gasteiger partial charge in [-0.3, -0.25) is 4.79 Å². The molecule has 1 fully saturated rings. The normalized spacial score (nSPS) is 24.3. The van der Waals surface area contributed by atoms with Crippen LogP contribution in [0.3, 0.4) is 0 Å². The van der Waals surface area contributed by atoms with Crippen molar-refractivity contribution in [3.05, 3.63) is 157 Å². The van der Waals surface area contributed by atoms with Crippen LogP contribution in [0.25, 0.3) is 11.0 Å². The zero-order chi connectivity index (χ0) is 46.0. The first-order valence-electron chi connectivity index (χ1n) is 23.4. The quantitative estimate of drug-likeness (QED) is 0.0484. The van der Waals surface area contributed by atoms with E-state index >= 15 is 4.79 Å². The Morgan fingerprint density at radius 2 is 1.73 bits per heavy atom. The van der Waals surface area contributed by atoms with E-state index in [0.717, 1.165) is 42.4 Å². The Hall–Kier alpha value is -5.99. The van der Waals surface area contributed by atoms with E-state index < -0.39 is 48.1 Å².